The molecule has 0 aromatic heterocycles. The Morgan fingerprint density at radius 3 is 1.96 bits per heavy atom. The predicted molar refractivity (Wildman–Crippen MR) is 90.6 cm³/mol. The summed E-state index contributed by atoms with van der Waals surface area (Å²) in [5.41, 5.74) is -1.69. The molecule has 0 unspecified atom stereocenters. The third kappa shape index (κ3) is 2.32. The van der Waals surface area contributed by atoms with E-state index >= 15 is 0 Å². The summed E-state index contributed by atoms with van der Waals surface area (Å²) in [6.45, 7) is 17.7. The van der Waals surface area contributed by atoms with Gasteiger partial charge in [-0.2, -0.15) is 0 Å². The molecule has 0 N–H and O–H groups in total. The molecule has 3 heteroatoms. The number of esters is 1. The van der Waals surface area contributed by atoms with Crippen LogP contribution in [0.4, 0.5) is 0 Å². The molecule has 4 saturated carbocycles. The van der Waals surface area contributed by atoms with Crippen molar-refractivity contribution in [3.8, 4) is 0 Å². The van der Waals surface area contributed by atoms with Gasteiger partial charge in [-0.1, -0.05) is 6.92 Å². The molecule has 0 saturated heterocycles. The first-order valence-corrected chi connectivity index (χ1v) is 9.28. The highest BCUT2D eigenvalue weighted by molar-refractivity contribution is 5.76. The zero-order chi connectivity index (χ0) is 17.0. The smallest absolute Gasteiger partial charge is 0.312 e. The van der Waals surface area contributed by atoms with Crippen LogP contribution in [0, 0.1) is 35.7 Å². The first-order valence-electron chi connectivity index (χ1n) is 9.28. The zero-order valence-corrected chi connectivity index (χ0v) is 15.3. The molecule has 0 atom stereocenters. The summed E-state index contributed by atoms with van der Waals surface area (Å²) < 4.78 is 6.37. The van der Waals surface area contributed by atoms with Crippen LogP contribution in [0.5, 0.6) is 0 Å². The van der Waals surface area contributed by atoms with E-state index in [0.29, 0.717) is 11.8 Å². The molecule has 4 rings (SSSR count). The second-order valence-electron chi connectivity index (χ2n) is 9.40. The van der Waals surface area contributed by atoms with Crippen molar-refractivity contribution in [3.05, 3.63) is 11.4 Å². The van der Waals surface area contributed by atoms with E-state index in [2.05, 4.69) is 4.85 Å². The van der Waals surface area contributed by atoms with Crippen LogP contribution in [0.2, 0.25) is 0 Å². The fraction of sp³-hybridized carbons (Fsp3) is 0.900. The van der Waals surface area contributed by atoms with Gasteiger partial charge in [0, 0.05) is 25.7 Å². The van der Waals surface area contributed by atoms with Crippen molar-refractivity contribution < 1.29 is 9.53 Å². The van der Waals surface area contributed by atoms with Gasteiger partial charge >= 0.3 is 5.97 Å². The highest BCUT2D eigenvalue weighted by Crippen LogP contribution is 2.63. The van der Waals surface area contributed by atoms with E-state index in [1.165, 1.54) is 6.42 Å². The molecule has 3 nitrogen and oxygen atoms in total. The molecular weight excluding hydrogens is 286 g/mol. The van der Waals surface area contributed by atoms with Crippen LogP contribution in [0.1, 0.15) is 73.1 Å². The highest BCUT2D eigenvalue weighted by atomic mass is 16.6. The summed E-state index contributed by atoms with van der Waals surface area (Å²) in [6, 6.07) is 0. The number of carbonyl (C=O) groups is 1. The molecule has 0 spiro atoms. The van der Waals surface area contributed by atoms with Crippen molar-refractivity contribution in [1.82, 2.24) is 0 Å². The molecule has 128 valence electrons. The summed E-state index contributed by atoms with van der Waals surface area (Å²) in [5.74, 6) is 2.23. The number of ether oxygens (including phenoxy) is 1. The van der Waals surface area contributed by atoms with Crippen LogP contribution in [0.3, 0.4) is 0 Å². The summed E-state index contributed by atoms with van der Waals surface area (Å²) in [6.07, 6.45) is 6.70. The minimum Gasteiger partial charge on any atom is -0.449 e. The maximum atomic E-state index is 12.9. The average molecular weight is 317 g/mol. The van der Waals surface area contributed by atoms with Crippen molar-refractivity contribution in [2.24, 2.45) is 29.1 Å². The molecular formula is C20H31NO2. The van der Waals surface area contributed by atoms with Crippen LogP contribution in [-0.4, -0.2) is 17.1 Å². The first kappa shape index (κ1) is 16.8. The van der Waals surface area contributed by atoms with Crippen molar-refractivity contribution >= 4 is 5.97 Å². The Balaban J connectivity index is 2.00. The van der Waals surface area contributed by atoms with E-state index in [1.54, 1.807) is 0 Å². The Hall–Kier alpha value is -1.04. The lowest BCUT2D eigenvalue weighted by atomic mass is 9.46. The number of hydrogen-bond donors (Lipinski definition) is 0. The van der Waals surface area contributed by atoms with E-state index in [9.17, 15) is 4.79 Å². The number of rotatable bonds is 4. The second kappa shape index (κ2) is 5.23. The van der Waals surface area contributed by atoms with E-state index in [1.807, 2.05) is 34.6 Å². The van der Waals surface area contributed by atoms with Crippen LogP contribution < -0.4 is 0 Å². The molecule has 0 heterocycles. The predicted octanol–water partition coefficient (Wildman–Crippen LogP) is 4.86. The van der Waals surface area contributed by atoms with Crippen molar-refractivity contribution in [2.75, 3.05) is 0 Å². The lowest BCUT2D eigenvalue weighted by molar-refractivity contribution is -0.231. The molecule has 0 aromatic rings. The Bertz CT molecular complexity index is 512. The van der Waals surface area contributed by atoms with Gasteiger partial charge in [0.05, 0.1) is 5.41 Å². The topological polar surface area (TPSA) is 30.7 Å². The second-order valence-corrected chi connectivity index (χ2v) is 9.40. The van der Waals surface area contributed by atoms with Crippen LogP contribution in [0.25, 0.3) is 4.85 Å². The van der Waals surface area contributed by atoms with Crippen molar-refractivity contribution in [1.29, 1.82) is 0 Å². The lowest BCUT2D eigenvalue weighted by Crippen LogP contribution is -2.68. The molecule has 4 fully saturated rings. The molecule has 0 radical (unpaired) electrons. The van der Waals surface area contributed by atoms with E-state index in [4.69, 9.17) is 11.3 Å². The van der Waals surface area contributed by atoms with Gasteiger partial charge in [0.25, 0.3) is 5.54 Å². The van der Waals surface area contributed by atoms with Gasteiger partial charge in [-0.15, -0.1) is 0 Å². The van der Waals surface area contributed by atoms with Gasteiger partial charge in [0.15, 0.2) is 5.60 Å². The average Bonchev–Trinajstić information content (AvgIpc) is 2.49. The Morgan fingerprint density at radius 1 is 1.09 bits per heavy atom. The van der Waals surface area contributed by atoms with Gasteiger partial charge in [0.2, 0.25) is 0 Å². The number of carbonyl (C=O) groups excluding carboxylic acids is 1. The van der Waals surface area contributed by atoms with Crippen molar-refractivity contribution in [3.63, 3.8) is 0 Å². The maximum Gasteiger partial charge on any atom is 0.312 e. The van der Waals surface area contributed by atoms with Gasteiger partial charge in [-0.3, -0.25) is 4.79 Å². The summed E-state index contributed by atoms with van der Waals surface area (Å²) in [7, 11) is 0. The summed E-state index contributed by atoms with van der Waals surface area (Å²) >= 11 is 0. The molecule has 0 amide bonds. The third-order valence-corrected chi connectivity index (χ3v) is 7.28. The van der Waals surface area contributed by atoms with Gasteiger partial charge in [0.1, 0.15) is 0 Å². The van der Waals surface area contributed by atoms with E-state index in [0.717, 1.165) is 43.9 Å². The highest BCUT2D eigenvalue weighted by Gasteiger charge is 2.69. The third-order valence-electron chi connectivity index (χ3n) is 7.28. The monoisotopic (exact) mass is 317 g/mol. The number of hydrogen-bond acceptors (Lipinski definition) is 2. The minimum absolute atomic E-state index is 0.107. The molecule has 0 aromatic carbocycles. The molecule has 0 aliphatic heterocycles. The quantitative estimate of drug-likeness (QED) is 0.547. The minimum atomic E-state index is -0.644. The van der Waals surface area contributed by atoms with E-state index in [-0.39, 0.29) is 5.97 Å². The Morgan fingerprint density at radius 2 is 1.57 bits per heavy atom. The largest absolute Gasteiger partial charge is 0.449 e. The Labute approximate surface area is 141 Å². The summed E-state index contributed by atoms with van der Waals surface area (Å²) in [5, 5.41) is 0. The van der Waals surface area contributed by atoms with E-state index < -0.39 is 16.6 Å². The molecule has 23 heavy (non-hydrogen) atoms. The summed E-state index contributed by atoms with van der Waals surface area (Å²) in [4.78, 5) is 16.9. The molecule has 4 aliphatic carbocycles. The maximum absolute atomic E-state index is 12.9. The Kier molecular flexibility index (Phi) is 3.82. The van der Waals surface area contributed by atoms with Crippen LogP contribution in [0.15, 0.2) is 0 Å². The molecule has 4 bridgehead atoms. The first-order chi connectivity index (χ1) is 10.7. The van der Waals surface area contributed by atoms with Crippen LogP contribution in [-0.2, 0) is 9.53 Å². The SMILES string of the molecule is [C-]#[N+]C(C)(C)C1(OC(=O)C(C)(C)CC)C2CC3CC(C2)CC1C3. The lowest BCUT2D eigenvalue weighted by Gasteiger charge is -2.61. The standard InChI is InChI=1S/C20H31NO2/c1-7-18(2,3)17(22)23-20(19(4,5)21-6)15-9-13-8-14(11-15)12-16(20)10-13/h13-16H,7-12H2,1-5H3. The van der Waals surface area contributed by atoms with Crippen molar-refractivity contribution in [2.45, 2.75) is 84.3 Å². The van der Waals surface area contributed by atoms with Gasteiger partial charge < -0.3 is 9.58 Å². The van der Waals surface area contributed by atoms with Gasteiger partial charge in [-0.25, -0.2) is 6.57 Å². The van der Waals surface area contributed by atoms with Crippen LogP contribution >= 0.6 is 0 Å². The number of nitrogens with zero attached hydrogens (tertiary/aromatic N) is 1. The molecule has 4 aliphatic rings. The zero-order valence-electron chi connectivity index (χ0n) is 15.3. The normalized spacial score (nSPS) is 39.1. The van der Waals surface area contributed by atoms with Gasteiger partial charge in [-0.05, 0) is 64.2 Å². The fourth-order valence-electron chi connectivity index (χ4n) is 5.70. The fourth-order valence-corrected chi connectivity index (χ4v) is 5.70.